The average Bonchev–Trinajstić information content (AvgIpc) is 3.72. The highest BCUT2D eigenvalue weighted by molar-refractivity contribution is 5.78. The van der Waals surface area contributed by atoms with Crippen molar-refractivity contribution in [2.75, 3.05) is 196 Å². The molecule has 2 unspecified atom stereocenters. The number of carbonyl (C=O) groups is 9. The second-order valence-corrected chi connectivity index (χ2v) is 17.9. The molecular formula is C43H74N14O17. The van der Waals surface area contributed by atoms with Crippen molar-refractivity contribution in [2.45, 2.75) is 12.2 Å². The van der Waals surface area contributed by atoms with Crippen LogP contribution >= 0.6 is 0 Å². The SMILES string of the molecule is NC(=O)CN1CCN(CC(=O)O)CCN(CC(=O)O)CCN(CC(=O)NCCN=COC2CN(C(=O)O)CC2OC=NCCNC(=O)CN2CCN(CC(=O)O)CCN(CC(=O)O)CCN(CC(=O)O)CC2)CC1. The van der Waals surface area contributed by atoms with Gasteiger partial charge in [-0.1, -0.05) is 0 Å². The summed E-state index contributed by atoms with van der Waals surface area (Å²) in [6.07, 6.45) is -0.436. The monoisotopic (exact) mass is 1060 g/mol. The average molecular weight is 1060 g/mol. The number of amides is 4. The van der Waals surface area contributed by atoms with Gasteiger partial charge in [0.05, 0.1) is 78.5 Å². The molecule has 3 aliphatic rings. The van der Waals surface area contributed by atoms with Gasteiger partial charge in [0.2, 0.25) is 17.7 Å². The summed E-state index contributed by atoms with van der Waals surface area (Å²) in [6, 6.07) is 0. The Hall–Kier alpha value is -6.35. The number of hydrogen-bond acceptors (Lipinski definition) is 21. The van der Waals surface area contributed by atoms with E-state index in [1.807, 2.05) is 4.90 Å². The van der Waals surface area contributed by atoms with Crippen LogP contribution in [0.4, 0.5) is 4.79 Å². The molecule has 31 nitrogen and oxygen atoms in total. The molecule has 4 amide bonds. The van der Waals surface area contributed by atoms with Crippen LogP contribution in [-0.4, -0.2) is 350 Å². The molecule has 0 aromatic heterocycles. The lowest BCUT2D eigenvalue weighted by Gasteiger charge is -2.33. The summed E-state index contributed by atoms with van der Waals surface area (Å²) in [6.45, 7) is 3.10. The second-order valence-electron chi connectivity index (χ2n) is 17.9. The van der Waals surface area contributed by atoms with Gasteiger partial charge in [-0.15, -0.1) is 0 Å². The number of nitrogens with one attached hydrogen (secondary N) is 2. The van der Waals surface area contributed by atoms with E-state index in [4.69, 9.17) is 15.2 Å². The smallest absolute Gasteiger partial charge is 0.407 e. The summed E-state index contributed by atoms with van der Waals surface area (Å²) in [5.41, 5.74) is 5.46. The Morgan fingerprint density at radius 1 is 0.419 bits per heavy atom. The highest BCUT2D eigenvalue weighted by atomic mass is 16.5. The summed E-state index contributed by atoms with van der Waals surface area (Å²) < 4.78 is 11.4. The number of carboxylic acids is 5. The van der Waals surface area contributed by atoms with E-state index in [0.29, 0.717) is 32.7 Å². The van der Waals surface area contributed by atoms with Crippen LogP contribution in [-0.2, 0) is 47.8 Å². The molecule has 0 aromatic rings. The van der Waals surface area contributed by atoms with E-state index in [1.54, 1.807) is 34.3 Å². The van der Waals surface area contributed by atoms with Crippen LogP contribution in [0.5, 0.6) is 0 Å². The van der Waals surface area contributed by atoms with Crippen molar-refractivity contribution in [3.8, 4) is 0 Å². The molecule has 3 heterocycles. The summed E-state index contributed by atoms with van der Waals surface area (Å²) in [5.74, 6) is -6.56. The van der Waals surface area contributed by atoms with E-state index in [2.05, 4.69) is 20.6 Å². The Kier molecular flexibility index (Phi) is 28.6. The molecule has 418 valence electrons. The Morgan fingerprint density at radius 2 is 0.662 bits per heavy atom. The first-order valence-electron chi connectivity index (χ1n) is 24.2. The van der Waals surface area contributed by atoms with Gasteiger partial charge in [-0.25, -0.2) is 4.79 Å². The lowest BCUT2D eigenvalue weighted by Crippen LogP contribution is -2.50. The maximum Gasteiger partial charge on any atom is 0.407 e. The number of aliphatic carboxylic acids is 5. The molecule has 0 aliphatic carbocycles. The molecule has 0 bridgehead atoms. The maximum atomic E-state index is 13.0. The van der Waals surface area contributed by atoms with Gasteiger partial charge in [0, 0.05) is 118 Å². The van der Waals surface area contributed by atoms with Gasteiger partial charge in [0.15, 0.2) is 25.0 Å². The first kappa shape index (κ1) is 61.9. The van der Waals surface area contributed by atoms with E-state index in [-0.39, 0.29) is 175 Å². The predicted molar refractivity (Wildman–Crippen MR) is 261 cm³/mol. The Morgan fingerprint density at radius 3 is 0.892 bits per heavy atom. The number of nitrogens with zero attached hydrogens (tertiary/aromatic N) is 11. The minimum Gasteiger partial charge on any atom is -0.480 e. The molecule has 0 aromatic carbocycles. The molecule has 0 spiro atoms. The van der Waals surface area contributed by atoms with Crippen molar-refractivity contribution in [2.24, 2.45) is 15.7 Å². The first-order chi connectivity index (χ1) is 35.2. The lowest BCUT2D eigenvalue weighted by atomic mass is 10.2. The molecule has 31 heteroatoms. The number of ether oxygens (including phenoxy) is 2. The number of carboxylic acid groups (broad SMARTS) is 6. The molecule has 2 atom stereocenters. The summed E-state index contributed by atoms with van der Waals surface area (Å²) in [5, 5.41) is 62.3. The van der Waals surface area contributed by atoms with Crippen molar-refractivity contribution in [1.29, 1.82) is 0 Å². The Bertz CT molecular complexity index is 1710. The summed E-state index contributed by atoms with van der Waals surface area (Å²) in [7, 11) is 0. The number of hydrogen-bond donors (Lipinski definition) is 9. The molecule has 3 aliphatic heterocycles. The highest BCUT2D eigenvalue weighted by Crippen LogP contribution is 2.16. The molecule has 0 radical (unpaired) electrons. The van der Waals surface area contributed by atoms with Gasteiger partial charge in [0.1, 0.15) is 0 Å². The normalized spacial score (nSPS) is 20.9. The van der Waals surface area contributed by atoms with Gasteiger partial charge in [0.25, 0.3) is 0 Å². The van der Waals surface area contributed by atoms with Crippen molar-refractivity contribution in [1.82, 2.24) is 54.7 Å². The fourth-order valence-electron chi connectivity index (χ4n) is 8.15. The predicted octanol–water partition coefficient (Wildman–Crippen LogP) is -6.61. The molecule has 3 fully saturated rings. The molecular weight excluding hydrogens is 985 g/mol. The van der Waals surface area contributed by atoms with Crippen LogP contribution in [0.15, 0.2) is 9.98 Å². The van der Waals surface area contributed by atoms with Crippen molar-refractivity contribution >= 4 is 66.5 Å². The standard InChI is InChI=1S/C43H74N14O17/c44-35(58)23-49-5-7-50(8-12-53(27-39(63)64)16-15-52(11-6-49)26-38(61)62)24-36(59)47-3-1-45-31-73-33-21-57(43(71)72)22-34(33)74-32-46-2-4-48-37(60)25-51-9-13-54(28-40(65)66)17-19-56(30-42(69)70)20-18-55(14-10-51)29-41(67)68/h31-34H,1-30H2,(H2,44,58)(H,47,59)(H,48,60)(H,61,62)(H,63,64)(H,65,66)(H,67,68)(H,69,70)(H,71,72). The molecule has 3 saturated heterocycles. The second kappa shape index (κ2) is 34.2. The zero-order valence-corrected chi connectivity index (χ0v) is 41.7. The molecule has 74 heavy (non-hydrogen) atoms. The van der Waals surface area contributed by atoms with Gasteiger partial charge >= 0.3 is 35.9 Å². The maximum absolute atomic E-state index is 13.0. The van der Waals surface area contributed by atoms with Crippen molar-refractivity contribution in [3.63, 3.8) is 0 Å². The molecule has 10 N–H and O–H groups in total. The number of nitrogens with two attached hydrogens (primary N) is 1. The third kappa shape index (κ3) is 27.6. The van der Waals surface area contributed by atoms with Crippen molar-refractivity contribution < 1.29 is 83.3 Å². The van der Waals surface area contributed by atoms with Gasteiger partial charge in [-0.3, -0.25) is 87.5 Å². The van der Waals surface area contributed by atoms with Crippen LogP contribution in [0.1, 0.15) is 0 Å². The number of likely N-dealkylation sites (tertiary alicyclic amines) is 1. The van der Waals surface area contributed by atoms with E-state index in [0.717, 1.165) is 17.7 Å². The topological polar surface area (TPSA) is 397 Å². The fraction of sp³-hybridized carbons (Fsp3) is 0.744. The van der Waals surface area contributed by atoms with Crippen LogP contribution < -0.4 is 16.4 Å². The minimum atomic E-state index is -1.19. The summed E-state index contributed by atoms with van der Waals surface area (Å²) >= 11 is 0. The van der Waals surface area contributed by atoms with E-state index in [9.17, 15) is 73.8 Å². The number of rotatable bonds is 26. The van der Waals surface area contributed by atoms with E-state index in [1.165, 1.54) is 0 Å². The van der Waals surface area contributed by atoms with Gasteiger partial charge < -0.3 is 61.4 Å². The van der Waals surface area contributed by atoms with Crippen LogP contribution in [0.2, 0.25) is 0 Å². The quantitative estimate of drug-likeness (QED) is 0.0221. The van der Waals surface area contributed by atoms with Gasteiger partial charge in [-0.05, 0) is 0 Å². The molecule has 0 saturated carbocycles. The van der Waals surface area contributed by atoms with Gasteiger partial charge in [-0.2, -0.15) is 0 Å². The number of carbonyl (C=O) groups excluding carboxylic acids is 3. The fourth-order valence-corrected chi connectivity index (χ4v) is 8.15. The highest BCUT2D eigenvalue weighted by Gasteiger charge is 2.38. The minimum absolute atomic E-state index is 0.0361. The third-order valence-electron chi connectivity index (χ3n) is 12.0. The Balaban J connectivity index is 1.47. The zero-order chi connectivity index (χ0) is 54.4. The first-order valence-corrected chi connectivity index (χ1v) is 24.2. The number of primary amides is 1. The van der Waals surface area contributed by atoms with E-state index >= 15 is 0 Å². The van der Waals surface area contributed by atoms with E-state index < -0.39 is 54.1 Å². The summed E-state index contributed by atoms with van der Waals surface area (Å²) in [4.78, 5) is 130. The number of aliphatic imine (C=N–C) groups is 2. The lowest BCUT2D eigenvalue weighted by molar-refractivity contribution is -0.140. The van der Waals surface area contributed by atoms with Crippen LogP contribution in [0.3, 0.4) is 0 Å². The molecule has 3 rings (SSSR count). The van der Waals surface area contributed by atoms with Crippen LogP contribution in [0.25, 0.3) is 0 Å². The Labute approximate surface area is 428 Å². The van der Waals surface area contributed by atoms with Crippen molar-refractivity contribution in [3.05, 3.63) is 0 Å². The zero-order valence-electron chi connectivity index (χ0n) is 41.7. The third-order valence-corrected chi connectivity index (χ3v) is 12.0. The largest absolute Gasteiger partial charge is 0.480 e. The van der Waals surface area contributed by atoms with Crippen LogP contribution in [0, 0.1) is 0 Å².